The summed E-state index contributed by atoms with van der Waals surface area (Å²) < 4.78 is 0.853. The molecule has 0 unspecified atom stereocenters. The molecular weight excluding hydrogens is 390 g/mol. The summed E-state index contributed by atoms with van der Waals surface area (Å²) in [6, 6.07) is 10.7. The van der Waals surface area contributed by atoms with Crippen molar-refractivity contribution in [2.45, 2.75) is 6.92 Å². The Labute approximate surface area is 152 Å². The molecule has 0 heterocycles. The molecule has 0 aromatic heterocycles. The van der Waals surface area contributed by atoms with E-state index in [1.165, 1.54) is 30.3 Å². The molecule has 0 aliphatic carbocycles. The molecule has 0 spiro atoms. The summed E-state index contributed by atoms with van der Waals surface area (Å²) in [5.41, 5.74) is 6.46. The lowest BCUT2D eigenvalue weighted by Gasteiger charge is -2.05. The van der Waals surface area contributed by atoms with Gasteiger partial charge in [-0.3, -0.25) is 30.6 Å². The van der Waals surface area contributed by atoms with Gasteiger partial charge < -0.3 is 0 Å². The number of nitro groups is 1. The van der Waals surface area contributed by atoms with E-state index in [-0.39, 0.29) is 11.3 Å². The normalized spacial score (nSPS) is 10.5. The Morgan fingerprint density at radius 1 is 1.12 bits per heavy atom. The molecule has 25 heavy (non-hydrogen) atoms. The number of amides is 2. The summed E-state index contributed by atoms with van der Waals surface area (Å²) in [4.78, 5) is 33.6. The van der Waals surface area contributed by atoms with E-state index in [9.17, 15) is 19.7 Å². The molecule has 0 saturated carbocycles. The molecule has 0 atom stereocenters. The molecular formula is C17H14BrN3O4. The van der Waals surface area contributed by atoms with Gasteiger partial charge in [-0.1, -0.05) is 28.1 Å². The number of non-ortho nitro benzene ring substituents is 1. The molecule has 0 radical (unpaired) electrons. The number of nitrogens with zero attached hydrogens (tertiary/aromatic N) is 1. The topological polar surface area (TPSA) is 101 Å². The van der Waals surface area contributed by atoms with Crippen molar-refractivity contribution >= 4 is 39.5 Å². The molecule has 7 nitrogen and oxygen atoms in total. The molecule has 128 valence electrons. The van der Waals surface area contributed by atoms with Gasteiger partial charge in [0.05, 0.1) is 4.92 Å². The Bertz CT molecular complexity index is 847. The molecule has 2 aromatic carbocycles. The number of aryl methyl sites for hydroxylation is 1. The fourth-order valence-electron chi connectivity index (χ4n) is 1.90. The maximum atomic E-state index is 11.9. The second kappa shape index (κ2) is 8.20. The number of hydrogen-bond acceptors (Lipinski definition) is 4. The highest BCUT2D eigenvalue weighted by Crippen LogP contribution is 2.19. The highest BCUT2D eigenvalue weighted by atomic mass is 79.9. The minimum absolute atomic E-state index is 0.118. The fourth-order valence-corrected chi connectivity index (χ4v) is 2.52. The zero-order valence-corrected chi connectivity index (χ0v) is 14.7. The van der Waals surface area contributed by atoms with Crippen LogP contribution >= 0.6 is 15.9 Å². The van der Waals surface area contributed by atoms with Crippen LogP contribution in [0.2, 0.25) is 0 Å². The average Bonchev–Trinajstić information content (AvgIpc) is 2.59. The van der Waals surface area contributed by atoms with Gasteiger partial charge in [-0.15, -0.1) is 0 Å². The second-order valence-electron chi connectivity index (χ2n) is 5.11. The van der Waals surface area contributed by atoms with Crippen LogP contribution in [-0.2, 0) is 4.79 Å². The Hall–Kier alpha value is -3.00. The van der Waals surface area contributed by atoms with Crippen molar-refractivity contribution in [3.8, 4) is 0 Å². The van der Waals surface area contributed by atoms with Crippen molar-refractivity contribution in [2.24, 2.45) is 0 Å². The lowest BCUT2D eigenvalue weighted by atomic mass is 10.1. The SMILES string of the molecule is Cc1ccc(/C=C/C(=O)NNC(=O)c2ccc([N+](=O)[O-])cc2)c(Br)c1. The zero-order chi connectivity index (χ0) is 18.4. The second-order valence-corrected chi connectivity index (χ2v) is 5.96. The number of carbonyl (C=O) groups is 2. The van der Waals surface area contributed by atoms with Crippen molar-refractivity contribution in [3.05, 3.63) is 79.8 Å². The lowest BCUT2D eigenvalue weighted by molar-refractivity contribution is -0.384. The predicted octanol–water partition coefficient (Wildman–Crippen LogP) is 3.14. The maximum Gasteiger partial charge on any atom is 0.269 e. The summed E-state index contributed by atoms with van der Waals surface area (Å²) in [5, 5.41) is 10.6. The van der Waals surface area contributed by atoms with Crippen LogP contribution in [0.5, 0.6) is 0 Å². The molecule has 0 bridgehead atoms. The number of carbonyl (C=O) groups excluding carboxylic acids is 2. The first-order valence-electron chi connectivity index (χ1n) is 7.16. The highest BCUT2D eigenvalue weighted by Gasteiger charge is 2.09. The quantitative estimate of drug-likeness (QED) is 0.464. The molecule has 0 fully saturated rings. The minimum Gasteiger partial charge on any atom is -0.268 e. The van der Waals surface area contributed by atoms with Gasteiger partial charge in [0.1, 0.15) is 0 Å². The summed E-state index contributed by atoms with van der Waals surface area (Å²) in [5.74, 6) is -1.09. The molecule has 8 heteroatoms. The first kappa shape index (κ1) is 18.3. The van der Waals surface area contributed by atoms with Crippen molar-refractivity contribution in [1.29, 1.82) is 0 Å². The third-order valence-electron chi connectivity index (χ3n) is 3.21. The van der Waals surface area contributed by atoms with E-state index in [4.69, 9.17) is 0 Å². The lowest BCUT2D eigenvalue weighted by Crippen LogP contribution is -2.40. The fraction of sp³-hybridized carbons (Fsp3) is 0.0588. The van der Waals surface area contributed by atoms with Crippen molar-refractivity contribution in [1.82, 2.24) is 10.9 Å². The standard InChI is InChI=1S/C17H14BrN3O4/c1-11-2-3-12(15(18)10-11)6-9-16(22)19-20-17(23)13-4-7-14(8-5-13)21(24)25/h2-10H,1H3,(H,19,22)(H,20,23)/b9-6+. The molecule has 2 N–H and O–H groups in total. The number of halogens is 1. The van der Waals surface area contributed by atoms with Crippen molar-refractivity contribution < 1.29 is 14.5 Å². The van der Waals surface area contributed by atoms with Gasteiger partial charge in [0.15, 0.2) is 0 Å². The maximum absolute atomic E-state index is 11.9. The smallest absolute Gasteiger partial charge is 0.268 e. The van der Waals surface area contributed by atoms with Crippen molar-refractivity contribution in [2.75, 3.05) is 0 Å². The van der Waals surface area contributed by atoms with Crippen LogP contribution in [0, 0.1) is 17.0 Å². The van der Waals surface area contributed by atoms with E-state index < -0.39 is 16.7 Å². The highest BCUT2D eigenvalue weighted by molar-refractivity contribution is 9.10. The average molecular weight is 404 g/mol. The molecule has 2 aromatic rings. The first-order chi connectivity index (χ1) is 11.9. The Morgan fingerprint density at radius 3 is 2.40 bits per heavy atom. The van der Waals surface area contributed by atoms with Gasteiger partial charge in [0.2, 0.25) is 0 Å². The molecule has 2 rings (SSSR count). The number of rotatable bonds is 4. The van der Waals surface area contributed by atoms with Gasteiger partial charge in [-0.25, -0.2) is 0 Å². The third-order valence-corrected chi connectivity index (χ3v) is 3.90. The summed E-state index contributed by atoms with van der Waals surface area (Å²) in [6.07, 6.45) is 2.89. The van der Waals surface area contributed by atoms with Crippen LogP contribution in [0.15, 0.2) is 53.0 Å². The van der Waals surface area contributed by atoms with Crippen molar-refractivity contribution in [3.63, 3.8) is 0 Å². The predicted molar refractivity (Wildman–Crippen MR) is 96.6 cm³/mol. The van der Waals surface area contributed by atoms with E-state index in [0.29, 0.717) is 0 Å². The van der Waals surface area contributed by atoms with E-state index in [0.717, 1.165) is 15.6 Å². The Balaban J connectivity index is 1.91. The van der Waals surface area contributed by atoms with Crippen LogP contribution in [0.1, 0.15) is 21.5 Å². The van der Waals surface area contributed by atoms with E-state index in [1.807, 2.05) is 25.1 Å². The molecule has 2 amide bonds. The molecule has 0 aliphatic rings. The van der Waals surface area contributed by atoms with Gasteiger partial charge in [0, 0.05) is 28.2 Å². The third kappa shape index (κ3) is 5.25. The number of nitro benzene ring substituents is 1. The first-order valence-corrected chi connectivity index (χ1v) is 7.95. The summed E-state index contributed by atoms with van der Waals surface area (Å²) >= 11 is 3.41. The number of nitrogens with one attached hydrogen (secondary N) is 2. The monoisotopic (exact) mass is 403 g/mol. The number of hydrazine groups is 1. The van der Waals surface area contributed by atoms with Crippen LogP contribution in [-0.4, -0.2) is 16.7 Å². The van der Waals surface area contributed by atoms with Crippen LogP contribution < -0.4 is 10.9 Å². The van der Waals surface area contributed by atoms with Gasteiger partial charge in [-0.05, 0) is 42.3 Å². The molecule has 0 aliphatic heterocycles. The number of hydrogen-bond donors (Lipinski definition) is 2. The molecule has 0 saturated heterocycles. The van der Waals surface area contributed by atoms with E-state index in [2.05, 4.69) is 26.8 Å². The van der Waals surface area contributed by atoms with Crippen LogP contribution in [0.3, 0.4) is 0 Å². The number of benzene rings is 2. The van der Waals surface area contributed by atoms with E-state index in [1.54, 1.807) is 6.08 Å². The van der Waals surface area contributed by atoms with Gasteiger partial charge in [-0.2, -0.15) is 0 Å². The largest absolute Gasteiger partial charge is 0.269 e. The van der Waals surface area contributed by atoms with Crippen LogP contribution in [0.4, 0.5) is 5.69 Å². The summed E-state index contributed by atoms with van der Waals surface area (Å²) in [6.45, 7) is 1.96. The van der Waals surface area contributed by atoms with Crippen LogP contribution in [0.25, 0.3) is 6.08 Å². The minimum atomic E-state index is -0.576. The van der Waals surface area contributed by atoms with Gasteiger partial charge in [0.25, 0.3) is 17.5 Å². The van der Waals surface area contributed by atoms with E-state index >= 15 is 0 Å². The van der Waals surface area contributed by atoms with Gasteiger partial charge >= 0.3 is 0 Å². The Morgan fingerprint density at radius 2 is 1.80 bits per heavy atom. The Kier molecular flexibility index (Phi) is 6.02. The zero-order valence-electron chi connectivity index (χ0n) is 13.2. The summed E-state index contributed by atoms with van der Waals surface area (Å²) in [7, 11) is 0.